The summed E-state index contributed by atoms with van der Waals surface area (Å²) in [5.74, 6) is -1.62. The maximum Gasteiger partial charge on any atom is 0.573 e. The Balaban J connectivity index is 1.40. The van der Waals surface area contributed by atoms with E-state index in [9.17, 15) is 27.6 Å². The predicted octanol–water partition coefficient (Wildman–Crippen LogP) is 3.49. The van der Waals surface area contributed by atoms with E-state index in [0.29, 0.717) is 24.3 Å². The van der Waals surface area contributed by atoms with Gasteiger partial charge in [0, 0.05) is 43.5 Å². The average Bonchev–Trinajstić information content (AvgIpc) is 3.31. The molecule has 2 aromatic carbocycles. The summed E-state index contributed by atoms with van der Waals surface area (Å²) in [6, 6.07) is 10.2. The fraction of sp³-hybridized carbons (Fsp3) is 0.318. The molecule has 168 valence electrons. The Morgan fingerprint density at radius 1 is 1.12 bits per heavy atom. The Kier molecular flexibility index (Phi) is 5.53. The van der Waals surface area contributed by atoms with E-state index in [1.165, 1.54) is 19.1 Å². The van der Waals surface area contributed by atoms with E-state index in [0.717, 1.165) is 23.4 Å². The van der Waals surface area contributed by atoms with Crippen molar-refractivity contribution in [2.75, 3.05) is 28.2 Å². The highest BCUT2D eigenvalue weighted by Gasteiger charge is 2.36. The van der Waals surface area contributed by atoms with Gasteiger partial charge in [0.15, 0.2) is 0 Å². The molecule has 1 fully saturated rings. The van der Waals surface area contributed by atoms with Gasteiger partial charge in [0.2, 0.25) is 17.7 Å². The Morgan fingerprint density at radius 2 is 1.84 bits per heavy atom. The Morgan fingerprint density at radius 3 is 2.50 bits per heavy atom. The number of hydrogen-bond acceptors (Lipinski definition) is 4. The summed E-state index contributed by atoms with van der Waals surface area (Å²) in [5, 5.41) is 2.63. The number of fused-ring (bicyclic) bond motifs is 1. The largest absolute Gasteiger partial charge is 0.573 e. The summed E-state index contributed by atoms with van der Waals surface area (Å²) in [6.07, 6.45) is -4.07. The molecule has 32 heavy (non-hydrogen) atoms. The second-order valence-electron chi connectivity index (χ2n) is 7.70. The number of rotatable bonds is 4. The fourth-order valence-electron chi connectivity index (χ4n) is 4.00. The zero-order valence-electron chi connectivity index (χ0n) is 17.1. The number of amides is 3. The van der Waals surface area contributed by atoms with Crippen LogP contribution in [0.2, 0.25) is 0 Å². The van der Waals surface area contributed by atoms with Crippen molar-refractivity contribution in [3.8, 4) is 5.75 Å². The van der Waals surface area contributed by atoms with Gasteiger partial charge in [0.25, 0.3) is 0 Å². The molecule has 2 aromatic rings. The van der Waals surface area contributed by atoms with Crippen molar-refractivity contribution in [2.45, 2.75) is 26.1 Å². The van der Waals surface area contributed by atoms with E-state index >= 15 is 0 Å². The number of halogens is 3. The van der Waals surface area contributed by atoms with Gasteiger partial charge in [-0.15, -0.1) is 13.2 Å². The number of alkyl halides is 3. The molecule has 0 aromatic heterocycles. The number of carbonyl (C=O) groups excluding carboxylic acids is 3. The molecule has 0 radical (unpaired) electrons. The summed E-state index contributed by atoms with van der Waals surface area (Å²) < 4.78 is 40.6. The zero-order valence-corrected chi connectivity index (χ0v) is 17.1. The highest BCUT2D eigenvalue weighted by atomic mass is 19.4. The maximum absolute atomic E-state index is 12.6. The number of nitrogens with one attached hydrogen (secondary N) is 1. The van der Waals surface area contributed by atoms with Gasteiger partial charge in [-0.05, 0) is 54.4 Å². The van der Waals surface area contributed by atoms with Crippen LogP contribution < -0.4 is 19.9 Å². The average molecular weight is 447 g/mol. The van der Waals surface area contributed by atoms with Gasteiger partial charge in [-0.25, -0.2) is 0 Å². The van der Waals surface area contributed by atoms with Crippen LogP contribution in [0.4, 0.5) is 30.2 Å². The topological polar surface area (TPSA) is 79.0 Å². The molecular formula is C22H20F3N3O4. The van der Waals surface area contributed by atoms with Crippen molar-refractivity contribution in [2.24, 2.45) is 5.92 Å². The lowest BCUT2D eigenvalue weighted by Gasteiger charge is -2.19. The van der Waals surface area contributed by atoms with Gasteiger partial charge in [0.1, 0.15) is 5.75 Å². The molecule has 1 saturated heterocycles. The van der Waals surface area contributed by atoms with Crippen LogP contribution in [0.1, 0.15) is 18.9 Å². The Bertz CT molecular complexity index is 1070. The molecular weight excluding hydrogens is 427 g/mol. The standard InChI is InChI=1S/C22H20F3N3O4/c1-13(29)27-9-8-14-10-17(4-7-19(14)27)28-12-15(11-20(28)30)21(31)26-16-2-5-18(6-3-16)32-22(23,24)25/h2-7,10,15H,8-9,11-12H2,1H3,(H,26,31)/t15-/m1/s1. The molecule has 0 bridgehead atoms. The minimum Gasteiger partial charge on any atom is -0.406 e. The number of anilines is 3. The number of benzene rings is 2. The zero-order chi connectivity index (χ0) is 23.0. The van der Waals surface area contributed by atoms with Crippen molar-refractivity contribution >= 4 is 34.8 Å². The van der Waals surface area contributed by atoms with Crippen LogP contribution in [0.3, 0.4) is 0 Å². The first-order chi connectivity index (χ1) is 15.1. The molecule has 3 amide bonds. The molecule has 0 unspecified atom stereocenters. The lowest BCUT2D eigenvalue weighted by atomic mass is 10.1. The second kappa shape index (κ2) is 8.18. The van der Waals surface area contributed by atoms with Crippen LogP contribution in [-0.2, 0) is 20.8 Å². The third-order valence-corrected chi connectivity index (χ3v) is 5.50. The normalized spacial score (nSPS) is 18.0. The summed E-state index contributed by atoms with van der Waals surface area (Å²) in [6.45, 7) is 2.29. The van der Waals surface area contributed by atoms with Gasteiger partial charge in [-0.2, -0.15) is 0 Å². The first-order valence-electron chi connectivity index (χ1n) is 9.99. The molecule has 4 rings (SSSR count). The van der Waals surface area contributed by atoms with Crippen LogP contribution in [0.5, 0.6) is 5.75 Å². The molecule has 0 spiro atoms. The minimum absolute atomic E-state index is 0.0256. The molecule has 1 N–H and O–H groups in total. The minimum atomic E-state index is -4.79. The lowest BCUT2D eigenvalue weighted by molar-refractivity contribution is -0.274. The van der Waals surface area contributed by atoms with Crippen molar-refractivity contribution in [3.05, 3.63) is 48.0 Å². The third kappa shape index (κ3) is 4.53. The summed E-state index contributed by atoms with van der Waals surface area (Å²) in [5.41, 5.74) is 2.78. The first-order valence-corrected chi connectivity index (χ1v) is 9.99. The van der Waals surface area contributed by atoms with E-state index in [1.54, 1.807) is 15.9 Å². The lowest BCUT2D eigenvalue weighted by Crippen LogP contribution is -2.28. The van der Waals surface area contributed by atoms with Crippen LogP contribution in [0.25, 0.3) is 0 Å². The molecule has 0 saturated carbocycles. The van der Waals surface area contributed by atoms with Gasteiger partial charge in [0.05, 0.1) is 5.92 Å². The molecule has 7 nitrogen and oxygen atoms in total. The quantitative estimate of drug-likeness (QED) is 0.779. The van der Waals surface area contributed by atoms with Crippen molar-refractivity contribution < 1.29 is 32.3 Å². The predicted molar refractivity (Wildman–Crippen MR) is 110 cm³/mol. The number of carbonyl (C=O) groups is 3. The van der Waals surface area contributed by atoms with E-state index < -0.39 is 23.9 Å². The Hall–Kier alpha value is -3.56. The molecule has 2 aliphatic rings. The molecule has 1 atom stereocenters. The van der Waals surface area contributed by atoms with Gasteiger partial charge in [-0.1, -0.05) is 0 Å². The number of hydrogen-bond donors (Lipinski definition) is 1. The monoisotopic (exact) mass is 447 g/mol. The Labute approximate surface area is 181 Å². The van der Waals surface area contributed by atoms with Crippen LogP contribution in [0.15, 0.2) is 42.5 Å². The summed E-state index contributed by atoms with van der Waals surface area (Å²) in [4.78, 5) is 40.1. The van der Waals surface area contributed by atoms with Gasteiger partial charge >= 0.3 is 6.36 Å². The number of ether oxygens (including phenoxy) is 1. The highest BCUT2D eigenvalue weighted by Crippen LogP contribution is 2.34. The van der Waals surface area contributed by atoms with E-state index in [4.69, 9.17) is 0 Å². The van der Waals surface area contributed by atoms with E-state index in [2.05, 4.69) is 10.1 Å². The van der Waals surface area contributed by atoms with Crippen molar-refractivity contribution in [1.82, 2.24) is 0 Å². The summed E-state index contributed by atoms with van der Waals surface area (Å²) in [7, 11) is 0. The summed E-state index contributed by atoms with van der Waals surface area (Å²) >= 11 is 0. The third-order valence-electron chi connectivity index (χ3n) is 5.50. The first kappa shape index (κ1) is 21.7. The molecule has 10 heteroatoms. The van der Waals surface area contributed by atoms with Gasteiger partial charge in [-0.3, -0.25) is 14.4 Å². The van der Waals surface area contributed by atoms with Gasteiger partial charge < -0.3 is 19.9 Å². The maximum atomic E-state index is 12.6. The van der Waals surface area contributed by atoms with E-state index in [-0.39, 0.29) is 24.8 Å². The van der Waals surface area contributed by atoms with Crippen LogP contribution in [0, 0.1) is 5.92 Å². The van der Waals surface area contributed by atoms with Crippen molar-refractivity contribution in [3.63, 3.8) is 0 Å². The highest BCUT2D eigenvalue weighted by molar-refractivity contribution is 6.04. The smallest absolute Gasteiger partial charge is 0.406 e. The fourth-order valence-corrected chi connectivity index (χ4v) is 4.00. The van der Waals surface area contributed by atoms with E-state index in [1.807, 2.05) is 12.1 Å². The molecule has 2 aliphatic heterocycles. The molecule has 2 heterocycles. The molecule has 0 aliphatic carbocycles. The number of nitrogens with zero attached hydrogens (tertiary/aromatic N) is 2. The van der Waals surface area contributed by atoms with Crippen LogP contribution in [-0.4, -0.2) is 37.2 Å². The SMILES string of the molecule is CC(=O)N1CCc2cc(N3C[C@H](C(=O)Nc4ccc(OC(F)(F)F)cc4)CC3=O)ccc21. The van der Waals surface area contributed by atoms with Crippen molar-refractivity contribution in [1.29, 1.82) is 0 Å². The second-order valence-corrected chi connectivity index (χ2v) is 7.70. The van der Waals surface area contributed by atoms with Crippen LogP contribution >= 0.6 is 0 Å².